The molecule has 0 radical (unpaired) electrons. The van der Waals surface area contributed by atoms with Gasteiger partial charge in [0.15, 0.2) is 0 Å². The van der Waals surface area contributed by atoms with Gasteiger partial charge in [0.2, 0.25) is 0 Å². The van der Waals surface area contributed by atoms with E-state index in [9.17, 15) is 0 Å². The van der Waals surface area contributed by atoms with Crippen LogP contribution < -0.4 is 5.73 Å². The fraction of sp³-hybridized carbons (Fsp3) is 0.455. The van der Waals surface area contributed by atoms with Gasteiger partial charge in [-0.05, 0) is 17.7 Å². The van der Waals surface area contributed by atoms with E-state index in [0.29, 0.717) is 13.2 Å². The number of halogens is 1. The van der Waals surface area contributed by atoms with Gasteiger partial charge in [0.1, 0.15) is 0 Å². The smallest absolute Gasteiger partial charge is 0.0601 e. The van der Waals surface area contributed by atoms with Crippen molar-refractivity contribution in [1.29, 1.82) is 0 Å². The Labute approximate surface area is 97.4 Å². The molecule has 0 aromatic heterocycles. The zero-order chi connectivity index (χ0) is 10.9. The number of ether oxygens (including phenoxy) is 1. The molecule has 15 heavy (non-hydrogen) atoms. The summed E-state index contributed by atoms with van der Waals surface area (Å²) >= 11 is 3.39. The Kier molecular flexibility index (Phi) is 3.11. The van der Waals surface area contributed by atoms with Crippen molar-refractivity contribution in [3.63, 3.8) is 0 Å². The molecule has 1 aliphatic rings. The van der Waals surface area contributed by atoms with E-state index in [4.69, 9.17) is 15.6 Å². The SMILES string of the molecule is NC(CO)C1(c2ccc(Br)cc2)COC1. The molecule has 1 heterocycles. The molecule has 82 valence electrons. The Morgan fingerprint density at radius 3 is 2.40 bits per heavy atom. The van der Waals surface area contributed by atoms with Gasteiger partial charge in [-0.2, -0.15) is 0 Å². The minimum Gasteiger partial charge on any atom is -0.395 e. The first-order valence-electron chi connectivity index (χ1n) is 4.89. The molecule has 0 amide bonds. The Hall–Kier alpha value is -0.420. The van der Waals surface area contributed by atoms with E-state index in [0.717, 1.165) is 10.0 Å². The molecule has 2 rings (SSSR count). The number of benzene rings is 1. The van der Waals surface area contributed by atoms with Crippen LogP contribution in [0.2, 0.25) is 0 Å². The van der Waals surface area contributed by atoms with Crippen LogP contribution in [0, 0.1) is 0 Å². The van der Waals surface area contributed by atoms with E-state index in [1.165, 1.54) is 0 Å². The number of hydrogen-bond donors (Lipinski definition) is 2. The van der Waals surface area contributed by atoms with E-state index in [1.54, 1.807) is 0 Å². The van der Waals surface area contributed by atoms with Gasteiger partial charge < -0.3 is 15.6 Å². The second-order valence-corrected chi connectivity index (χ2v) is 4.86. The van der Waals surface area contributed by atoms with Crippen molar-refractivity contribution in [3.8, 4) is 0 Å². The maximum atomic E-state index is 9.16. The minimum absolute atomic E-state index is 0.0145. The van der Waals surface area contributed by atoms with Crippen molar-refractivity contribution in [2.45, 2.75) is 11.5 Å². The van der Waals surface area contributed by atoms with E-state index >= 15 is 0 Å². The van der Waals surface area contributed by atoms with Crippen LogP contribution in [0.4, 0.5) is 0 Å². The molecular weight excluding hydrogens is 258 g/mol. The Bertz CT molecular complexity index is 335. The van der Waals surface area contributed by atoms with Gasteiger partial charge in [-0.25, -0.2) is 0 Å². The molecule has 1 unspecified atom stereocenters. The van der Waals surface area contributed by atoms with E-state index in [1.807, 2.05) is 24.3 Å². The number of nitrogens with two attached hydrogens (primary N) is 1. The molecule has 1 fully saturated rings. The number of hydrogen-bond acceptors (Lipinski definition) is 3. The second-order valence-electron chi connectivity index (χ2n) is 3.94. The van der Waals surface area contributed by atoms with Crippen LogP contribution >= 0.6 is 15.9 Å². The number of rotatable bonds is 3. The molecule has 0 bridgehead atoms. The normalized spacial score (nSPS) is 20.7. The molecule has 1 aromatic rings. The lowest BCUT2D eigenvalue weighted by Crippen LogP contribution is -2.60. The van der Waals surface area contributed by atoms with E-state index < -0.39 is 0 Å². The summed E-state index contributed by atoms with van der Waals surface area (Å²) in [5.74, 6) is 0. The van der Waals surface area contributed by atoms with Gasteiger partial charge in [0.05, 0.1) is 25.2 Å². The monoisotopic (exact) mass is 271 g/mol. The first kappa shape index (κ1) is 11.1. The van der Waals surface area contributed by atoms with Gasteiger partial charge in [0, 0.05) is 10.5 Å². The average Bonchev–Trinajstić information content (AvgIpc) is 2.19. The van der Waals surface area contributed by atoms with Crippen LogP contribution in [0.5, 0.6) is 0 Å². The standard InChI is InChI=1S/C11H14BrNO2/c12-9-3-1-8(2-4-9)11(6-15-7-11)10(13)5-14/h1-4,10,14H,5-7,13H2. The van der Waals surface area contributed by atoms with Gasteiger partial charge in [-0.15, -0.1) is 0 Å². The average molecular weight is 272 g/mol. The zero-order valence-corrected chi connectivity index (χ0v) is 9.90. The highest BCUT2D eigenvalue weighted by Crippen LogP contribution is 2.35. The molecule has 1 saturated heterocycles. The van der Waals surface area contributed by atoms with Gasteiger partial charge in [-0.3, -0.25) is 0 Å². The van der Waals surface area contributed by atoms with Crippen LogP contribution in [-0.4, -0.2) is 31.0 Å². The van der Waals surface area contributed by atoms with Gasteiger partial charge in [0.25, 0.3) is 0 Å². The van der Waals surface area contributed by atoms with E-state index in [2.05, 4.69) is 15.9 Å². The largest absolute Gasteiger partial charge is 0.395 e. The maximum absolute atomic E-state index is 9.16. The van der Waals surface area contributed by atoms with Crippen molar-refractivity contribution < 1.29 is 9.84 Å². The quantitative estimate of drug-likeness (QED) is 0.864. The van der Waals surface area contributed by atoms with E-state index in [-0.39, 0.29) is 18.1 Å². The van der Waals surface area contributed by atoms with Gasteiger partial charge in [-0.1, -0.05) is 28.1 Å². The summed E-state index contributed by atoms with van der Waals surface area (Å²) in [5, 5.41) is 9.16. The van der Waals surface area contributed by atoms with Crippen molar-refractivity contribution in [2.24, 2.45) is 5.73 Å². The van der Waals surface area contributed by atoms with Crippen LogP contribution in [0.3, 0.4) is 0 Å². The summed E-state index contributed by atoms with van der Waals surface area (Å²) in [6.07, 6.45) is 0. The summed E-state index contributed by atoms with van der Waals surface area (Å²) in [4.78, 5) is 0. The molecule has 0 spiro atoms. The number of aliphatic hydroxyl groups excluding tert-OH is 1. The zero-order valence-electron chi connectivity index (χ0n) is 8.32. The van der Waals surface area contributed by atoms with Crippen molar-refractivity contribution >= 4 is 15.9 Å². The topological polar surface area (TPSA) is 55.5 Å². The molecule has 1 atom stereocenters. The molecule has 1 aromatic carbocycles. The molecule has 4 heteroatoms. The predicted molar refractivity (Wildman–Crippen MR) is 61.7 cm³/mol. The third-order valence-electron chi connectivity index (χ3n) is 3.04. The first-order chi connectivity index (χ1) is 7.19. The predicted octanol–water partition coefficient (Wildman–Crippen LogP) is 1.04. The fourth-order valence-electron chi connectivity index (χ4n) is 1.87. The maximum Gasteiger partial charge on any atom is 0.0601 e. The number of aliphatic hydroxyl groups is 1. The third-order valence-corrected chi connectivity index (χ3v) is 3.57. The highest BCUT2D eigenvalue weighted by atomic mass is 79.9. The summed E-state index contributed by atoms with van der Waals surface area (Å²) in [5.41, 5.74) is 6.88. The van der Waals surface area contributed by atoms with Crippen molar-refractivity contribution in [3.05, 3.63) is 34.3 Å². The van der Waals surface area contributed by atoms with Crippen molar-refractivity contribution in [2.75, 3.05) is 19.8 Å². The lowest BCUT2D eigenvalue weighted by Gasteiger charge is -2.45. The highest BCUT2D eigenvalue weighted by Gasteiger charge is 2.45. The lowest BCUT2D eigenvalue weighted by molar-refractivity contribution is -0.0798. The molecule has 0 aliphatic carbocycles. The first-order valence-corrected chi connectivity index (χ1v) is 5.68. The summed E-state index contributed by atoms with van der Waals surface area (Å²) in [7, 11) is 0. The third kappa shape index (κ3) is 1.83. The van der Waals surface area contributed by atoms with Crippen LogP contribution in [0.15, 0.2) is 28.7 Å². The van der Waals surface area contributed by atoms with Gasteiger partial charge >= 0.3 is 0 Å². The Balaban J connectivity index is 2.30. The summed E-state index contributed by atoms with van der Waals surface area (Å²) < 4.78 is 6.28. The Morgan fingerprint density at radius 2 is 2.00 bits per heavy atom. The molecule has 1 aliphatic heterocycles. The van der Waals surface area contributed by atoms with Crippen LogP contribution in [-0.2, 0) is 10.2 Å². The molecule has 3 nitrogen and oxygen atoms in total. The summed E-state index contributed by atoms with van der Waals surface area (Å²) in [6, 6.07) is 7.77. The van der Waals surface area contributed by atoms with Crippen LogP contribution in [0.1, 0.15) is 5.56 Å². The Morgan fingerprint density at radius 1 is 1.40 bits per heavy atom. The lowest BCUT2D eigenvalue weighted by atomic mass is 9.73. The van der Waals surface area contributed by atoms with Crippen molar-refractivity contribution in [1.82, 2.24) is 0 Å². The highest BCUT2D eigenvalue weighted by molar-refractivity contribution is 9.10. The molecular formula is C11H14BrNO2. The summed E-state index contributed by atoms with van der Waals surface area (Å²) in [6.45, 7) is 1.17. The minimum atomic E-state index is -0.257. The second kappa shape index (κ2) is 4.22. The fourth-order valence-corrected chi connectivity index (χ4v) is 2.14. The molecule has 0 saturated carbocycles. The van der Waals surface area contributed by atoms with Crippen LogP contribution in [0.25, 0.3) is 0 Å². The molecule has 3 N–H and O–H groups in total.